The molecule has 0 aliphatic carbocycles. The van der Waals surface area contributed by atoms with Crippen LogP contribution in [0.2, 0.25) is 0 Å². The molecule has 1 unspecified atom stereocenters. The second-order valence-corrected chi connectivity index (χ2v) is 8.89. The van der Waals surface area contributed by atoms with Crippen LogP contribution in [-0.2, 0) is 14.4 Å². The first-order chi connectivity index (χ1) is 14.9. The summed E-state index contributed by atoms with van der Waals surface area (Å²) in [6.07, 6.45) is 0.985. The molecule has 6 heteroatoms. The average Bonchev–Trinajstić information content (AvgIpc) is 2.82. The molecule has 0 aliphatic rings. The molecule has 0 heterocycles. The minimum atomic E-state index is -4.00. The van der Waals surface area contributed by atoms with Gasteiger partial charge in [-0.05, 0) is 66.3 Å². The molecular weight excluding hydrogens is 410 g/mol. The van der Waals surface area contributed by atoms with Crippen LogP contribution in [0.25, 0.3) is 11.1 Å². The SMILES string of the molecule is CCC(C)c1ccc(S(=O)(=O)ON=C(C)c2ccc(OC)c(-c3ccccc3)c2)cc1. The van der Waals surface area contributed by atoms with Crippen LogP contribution >= 0.6 is 0 Å². The highest BCUT2D eigenvalue weighted by Crippen LogP contribution is 2.31. The van der Waals surface area contributed by atoms with E-state index in [-0.39, 0.29) is 4.90 Å². The molecule has 3 aromatic rings. The van der Waals surface area contributed by atoms with E-state index in [0.717, 1.165) is 34.4 Å². The van der Waals surface area contributed by atoms with Crippen molar-refractivity contribution in [3.8, 4) is 16.9 Å². The number of methoxy groups -OCH3 is 1. The summed E-state index contributed by atoms with van der Waals surface area (Å²) >= 11 is 0. The molecule has 0 aromatic heterocycles. The molecule has 0 spiro atoms. The Bertz CT molecular complexity index is 1150. The first-order valence-electron chi connectivity index (χ1n) is 10.2. The van der Waals surface area contributed by atoms with Crippen LogP contribution in [0.5, 0.6) is 5.75 Å². The van der Waals surface area contributed by atoms with E-state index in [0.29, 0.717) is 11.6 Å². The highest BCUT2D eigenvalue weighted by atomic mass is 32.2. The Hall–Kier alpha value is -3.12. The maximum absolute atomic E-state index is 12.6. The molecular formula is C25H27NO4S. The zero-order valence-electron chi connectivity index (χ0n) is 18.2. The number of nitrogens with zero attached hydrogens (tertiary/aromatic N) is 1. The molecule has 0 saturated heterocycles. The highest BCUT2D eigenvalue weighted by Gasteiger charge is 2.17. The first kappa shape index (κ1) is 22.6. The van der Waals surface area contributed by atoms with Gasteiger partial charge in [-0.3, -0.25) is 4.28 Å². The fourth-order valence-electron chi connectivity index (χ4n) is 3.18. The van der Waals surface area contributed by atoms with Gasteiger partial charge in [0.05, 0.1) is 12.8 Å². The van der Waals surface area contributed by atoms with Crippen molar-refractivity contribution in [3.63, 3.8) is 0 Å². The van der Waals surface area contributed by atoms with E-state index in [4.69, 9.17) is 9.02 Å². The first-order valence-corrected chi connectivity index (χ1v) is 11.6. The van der Waals surface area contributed by atoms with Crippen LogP contribution in [0.15, 0.2) is 82.8 Å². The van der Waals surface area contributed by atoms with E-state index in [1.54, 1.807) is 26.2 Å². The maximum atomic E-state index is 12.6. The lowest BCUT2D eigenvalue weighted by Gasteiger charge is -2.11. The zero-order chi connectivity index (χ0) is 22.4. The van der Waals surface area contributed by atoms with Crippen molar-refractivity contribution in [2.24, 2.45) is 5.16 Å². The van der Waals surface area contributed by atoms with Gasteiger partial charge in [-0.15, -0.1) is 0 Å². The van der Waals surface area contributed by atoms with Crippen LogP contribution in [0.1, 0.15) is 44.2 Å². The van der Waals surface area contributed by atoms with Gasteiger partial charge in [0.25, 0.3) is 0 Å². The summed E-state index contributed by atoms with van der Waals surface area (Å²) in [7, 11) is -2.38. The molecule has 3 aromatic carbocycles. The van der Waals surface area contributed by atoms with Crippen LogP contribution in [0.3, 0.4) is 0 Å². The monoisotopic (exact) mass is 437 g/mol. The lowest BCUT2D eigenvalue weighted by molar-refractivity contribution is 0.338. The molecule has 31 heavy (non-hydrogen) atoms. The highest BCUT2D eigenvalue weighted by molar-refractivity contribution is 7.86. The number of oxime groups is 1. The van der Waals surface area contributed by atoms with Gasteiger partial charge in [0.15, 0.2) is 0 Å². The van der Waals surface area contributed by atoms with Crippen molar-refractivity contribution in [1.29, 1.82) is 0 Å². The largest absolute Gasteiger partial charge is 0.496 e. The van der Waals surface area contributed by atoms with Crippen molar-refractivity contribution in [2.75, 3.05) is 7.11 Å². The van der Waals surface area contributed by atoms with Crippen LogP contribution < -0.4 is 4.74 Å². The predicted molar refractivity (Wildman–Crippen MR) is 124 cm³/mol. The van der Waals surface area contributed by atoms with E-state index in [1.165, 1.54) is 0 Å². The molecule has 1 atom stereocenters. The average molecular weight is 438 g/mol. The topological polar surface area (TPSA) is 65.0 Å². The van der Waals surface area contributed by atoms with E-state index < -0.39 is 10.1 Å². The standard InChI is InChI=1S/C25H27NO4S/c1-5-18(2)20-11-14-23(15-12-20)31(27,28)30-26-19(3)22-13-16-25(29-4)24(17-22)21-9-7-6-8-10-21/h6-18H,5H2,1-4H3. The summed E-state index contributed by atoms with van der Waals surface area (Å²) < 4.78 is 35.6. The second kappa shape index (κ2) is 9.79. The normalized spacial score (nSPS) is 13.0. The Kier molecular flexibility index (Phi) is 7.13. The lowest BCUT2D eigenvalue weighted by Crippen LogP contribution is -2.06. The molecule has 0 bridgehead atoms. The fraction of sp³-hybridized carbons (Fsp3) is 0.240. The van der Waals surface area contributed by atoms with E-state index in [2.05, 4.69) is 19.0 Å². The molecule has 0 fully saturated rings. The Balaban J connectivity index is 1.84. The maximum Gasteiger partial charge on any atom is 0.358 e. The summed E-state index contributed by atoms with van der Waals surface area (Å²) in [4.78, 5) is 0.0795. The Morgan fingerprint density at radius 3 is 2.29 bits per heavy atom. The smallest absolute Gasteiger partial charge is 0.358 e. The summed E-state index contributed by atoms with van der Waals surface area (Å²) in [6.45, 7) is 5.91. The molecule has 5 nitrogen and oxygen atoms in total. The quantitative estimate of drug-likeness (QED) is 0.320. The molecule has 0 N–H and O–H groups in total. The van der Waals surface area contributed by atoms with Gasteiger partial charge < -0.3 is 4.74 Å². The minimum absolute atomic E-state index is 0.0795. The van der Waals surface area contributed by atoms with Crippen LogP contribution in [-0.4, -0.2) is 21.2 Å². The van der Waals surface area contributed by atoms with E-state index in [1.807, 2.05) is 60.7 Å². The Morgan fingerprint density at radius 1 is 1.00 bits per heavy atom. The molecule has 0 saturated carbocycles. The van der Waals surface area contributed by atoms with Gasteiger partial charge >= 0.3 is 10.1 Å². The van der Waals surface area contributed by atoms with Crippen LogP contribution in [0, 0.1) is 0 Å². The summed E-state index contributed by atoms with van der Waals surface area (Å²) in [5, 5.41) is 3.89. The summed E-state index contributed by atoms with van der Waals surface area (Å²) in [5.41, 5.74) is 4.15. The minimum Gasteiger partial charge on any atom is -0.496 e. The van der Waals surface area contributed by atoms with Gasteiger partial charge in [0.1, 0.15) is 10.6 Å². The van der Waals surface area contributed by atoms with Crippen molar-refractivity contribution in [1.82, 2.24) is 0 Å². The van der Waals surface area contributed by atoms with Gasteiger partial charge in [0, 0.05) is 5.56 Å². The van der Waals surface area contributed by atoms with Crippen molar-refractivity contribution < 1.29 is 17.4 Å². The Labute approximate surface area is 184 Å². The number of hydrogen-bond donors (Lipinski definition) is 0. The van der Waals surface area contributed by atoms with Gasteiger partial charge in [-0.25, -0.2) is 0 Å². The molecule has 0 aliphatic heterocycles. The summed E-state index contributed by atoms with van der Waals surface area (Å²) in [6, 6.07) is 22.1. The number of ether oxygens (including phenoxy) is 1. The summed E-state index contributed by atoms with van der Waals surface area (Å²) in [5.74, 6) is 1.09. The number of benzene rings is 3. The lowest BCUT2D eigenvalue weighted by atomic mass is 9.99. The third-order valence-electron chi connectivity index (χ3n) is 5.32. The third-order valence-corrected chi connectivity index (χ3v) is 6.44. The van der Waals surface area contributed by atoms with E-state index >= 15 is 0 Å². The second-order valence-electron chi connectivity index (χ2n) is 7.36. The van der Waals surface area contributed by atoms with Gasteiger partial charge in [0.2, 0.25) is 0 Å². The molecule has 0 radical (unpaired) electrons. The molecule has 162 valence electrons. The van der Waals surface area contributed by atoms with Crippen molar-refractivity contribution in [3.05, 3.63) is 83.9 Å². The number of rotatable bonds is 8. The van der Waals surface area contributed by atoms with Crippen molar-refractivity contribution in [2.45, 2.75) is 38.0 Å². The van der Waals surface area contributed by atoms with E-state index in [9.17, 15) is 8.42 Å². The molecule has 3 rings (SSSR count). The van der Waals surface area contributed by atoms with Crippen LogP contribution in [0.4, 0.5) is 0 Å². The Morgan fingerprint density at radius 2 is 1.68 bits per heavy atom. The molecule has 0 amide bonds. The fourth-order valence-corrected chi connectivity index (χ4v) is 3.94. The van der Waals surface area contributed by atoms with Crippen molar-refractivity contribution >= 4 is 15.8 Å². The van der Waals surface area contributed by atoms with Gasteiger partial charge in [-0.1, -0.05) is 61.5 Å². The number of hydrogen-bond acceptors (Lipinski definition) is 5. The predicted octanol–water partition coefficient (Wildman–Crippen LogP) is 6.01. The van der Waals surface area contributed by atoms with Gasteiger partial charge in [-0.2, -0.15) is 8.42 Å². The zero-order valence-corrected chi connectivity index (χ0v) is 19.0. The third kappa shape index (κ3) is 5.33.